The predicted octanol–water partition coefficient (Wildman–Crippen LogP) is 1.90. The summed E-state index contributed by atoms with van der Waals surface area (Å²) in [6.07, 6.45) is 4.31. The molecule has 0 fully saturated rings. The molecule has 13 heavy (non-hydrogen) atoms. The number of aliphatic imine (C=N–C) groups is 1. The van der Waals surface area contributed by atoms with Gasteiger partial charge >= 0.3 is 0 Å². The van der Waals surface area contributed by atoms with Crippen molar-refractivity contribution in [2.24, 2.45) is 10.9 Å². The Morgan fingerprint density at radius 3 is 3.00 bits per heavy atom. The third-order valence-electron chi connectivity index (χ3n) is 2.72. The van der Waals surface area contributed by atoms with Crippen LogP contribution in [0.3, 0.4) is 0 Å². The average molecular weight is 176 g/mol. The maximum Gasteiger partial charge on any atom is 0.126 e. The molecular weight excluding hydrogens is 160 g/mol. The maximum atomic E-state index is 4.40. The smallest absolute Gasteiger partial charge is 0.126 e. The molecule has 1 unspecified atom stereocenters. The van der Waals surface area contributed by atoms with E-state index in [1.165, 1.54) is 16.7 Å². The van der Waals surface area contributed by atoms with Gasteiger partial charge < -0.3 is 0 Å². The Labute approximate surface area is 79.4 Å². The number of nitrogens with one attached hydrogen (secondary N) is 1. The van der Waals surface area contributed by atoms with Gasteiger partial charge in [-0.05, 0) is 30.1 Å². The number of hydrogen-bond acceptors (Lipinski definition) is 2. The lowest BCUT2D eigenvalue weighted by atomic mass is 9.90. The lowest BCUT2D eigenvalue weighted by Crippen LogP contribution is -2.26. The topological polar surface area (TPSA) is 24.4 Å². The summed E-state index contributed by atoms with van der Waals surface area (Å²) in [7, 11) is 0. The van der Waals surface area contributed by atoms with Crippen molar-refractivity contribution in [2.45, 2.75) is 26.9 Å². The van der Waals surface area contributed by atoms with Crippen LogP contribution < -0.4 is 5.32 Å². The molecule has 0 amide bonds. The molecule has 1 atom stereocenters. The standard InChI is InChI=1S/C11H16N2/c1-7(2)9-4-5-12-11-10(9)8(3)6-13-11/h4-5,7,11,13H,6H2,1-3H3. The van der Waals surface area contributed by atoms with Crippen molar-refractivity contribution in [3.63, 3.8) is 0 Å². The first-order valence-corrected chi connectivity index (χ1v) is 4.87. The second kappa shape index (κ2) is 3.11. The van der Waals surface area contributed by atoms with Crippen LogP contribution in [-0.2, 0) is 0 Å². The largest absolute Gasteiger partial charge is 0.288 e. The fourth-order valence-electron chi connectivity index (χ4n) is 2.01. The fourth-order valence-corrected chi connectivity index (χ4v) is 2.01. The third kappa shape index (κ3) is 1.35. The first-order chi connectivity index (χ1) is 6.20. The minimum Gasteiger partial charge on any atom is -0.288 e. The molecular formula is C11H16N2. The normalized spacial score (nSPS) is 26.8. The van der Waals surface area contributed by atoms with Crippen LogP contribution in [0.5, 0.6) is 0 Å². The van der Waals surface area contributed by atoms with Crippen LogP contribution >= 0.6 is 0 Å². The van der Waals surface area contributed by atoms with Crippen LogP contribution in [0.25, 0.3) is 0 Å². The number of hydrogen-bond donors (Lipinski definition) is 1. The Hall–Kier alpha value is -0.890. The Morgan fingerprint density at radius 1 is 1.54 bits per heavy atom. The number of nitrogens with zero attached hydrogens (tertiary/aromatic N) is 1. The molecule has 0 saturated carbocycles. The first kappa shape index (κ1) is 8.70. The highest BCUT2D eigenvalue weighted by atomic mass is 15.1. The molecule has 2 heterocycles. The van der Waals surface area contributed by atoms with E-state index in [2.05, 4.69) is 37.2 Å². The van der Waals surface area contributed by atoms with Crippen LogP contribution in [0.1, 0.15) is 20.8 Å². The number of allylic oxidation sites excluding steroid dienone is 1. The molecule has 2 rings (SSSR count). The molecule has 0 aromatic heterocycles. The highest BCUT2D eigenvalue weighted by Gasteiger charge is 2.27. The Bertz CT molecular complexity index is 308. The van der Waals surface area contributed by atoms with Crippen LogP contribution in [0, 0.1) is 5.92 Å². The second-order valence-corrected chi connectivity index (χ2v) is 4.05. The van der Waals surface area contributed by atoms with Gasteiger partial charge in [-0.1, -0.05) is 19.4 Å². The average Bonchev–Trinajstić information content (AvgIpc) is 2.48. The number of fused-ring (bicyclic) bond motifs is 1. The molecule has 2 aliphatic heterocycles. The summed E-state index contributed by atoms with van der Waals surface area (Å²) < 4.78 is 0. The third-order valence-corrected chi connectivity index (χ3v) is 2.72. The minimum absolute atomic E-state index is 0.238. The van der Waals surface area contributed by atoms with E-state index in [1.807, 2.05) is 6.21 Å². The van der Waals surface area contributed by atoms with E-state index in [0.717, 1.165) is 6.54 Å². The van der Waals surface area contributed by atoms with Gasteiger partial charge in [0.05, 0.1) is 0 Å². The zero-order chi connectivity index (χ0) is 9.42. The van der Waals surface area contributed by atoms with Gasteiger partial charge in [0.2, 0.25) is 0 Å². The summed E-state index contributed by atoms with van der Waals surface area (Å²) in [4.78, 5) is 4.40. The lowest BCUT2D eigenvalue weighted by molar-refractivity contribution is 0.653. The van der Waals surface area contributed by atoms with E-state index >= 15 is 0 Å². The van der Waals surface area contributed by atoms with Crippen LogP contribution in [0.15, 0.2) is 27.8 Å². The van der Waals surface area contributed by atoms with E-state index in [-0.39, 0.29) is 6.17 Å². The van der Waals surface area contributed by atoms with Gasteiger partial charge in [0, 0.05) is 12.8 Å². The summed E-state index contributed by atoms with van der Waals surface area (Å²) in [5.74, 6) is 0.596. The van der Waals surface area contributed by atoms with E-state index < -0.39 is 0 Å². The van der Waals surface area contributed by atoms with Gasteiger partial charge in [-0.15, -0.1) is 0 Å². The highest BCUT2D eigenvalue weighted by Crippen LogP contribution is 2.30. The van der Waals surface area contributed by atoms with Crippen LogP contribution in [-0.4, -0.2) is 18.9 Å². The minimum atomic E-state index is 0.238. The van der Waals surface area contributed by atoms with E-state index in [1.54, 1.807) is 0 Å². The molecule has 2 heteroatoms. The molecule has 0 spiro atoms. The maximum absolute atomic E-state index is 4.40. The molecule has 2 aliphatic rings. The Morgan fingerprint density at radius 2 is 2.31 bits per heavy atom. The predicted molar refractivity (Wildman–Crippen MR) is 55.9 cm³/mol. The monoisotopic (exact) mass is 176 g/mol. The van der Waals surface area contributed by atoms with E-state index in [9.17, 15) is 0 Å². The molecule has 0 aromatic carbocycles. The van der Waals surface area contributed by atoms with Gasteiger partial charge in [-0.25, -0.2) is 0 Å². The zero-order valence-electron chi connectivity index (χ0n) is 8.46. The van der Waals surface area contributed by atoms with Crippen molar-refractivity contribution >= 4 is 6.21 Å². The summed E-state index contributed by atoms with van der Waals surface area (Å²) in [6, 6.07) is 0. The van der Waals surface area contributed by atoms with Crippen molar-refractivity contribution in [3.8, 4) is 0 Å². The van der Waals surface area contributed by atoms with Crippen molar-refractivity contribution in [1.29, 1.82) is 0 Å². The Balaban J connectivity index is 2.41. The Kier molecular flexibility index (Phi) is 2.08. The molecule has 2 nitrogen and oxygen atoms in total. The van der Waals surface area contributed by atoms with Gasteiger partial charge in [-0.2, -0.15) is 0 Å². The van der Waals surface area contributed by atoms with Gasteiger partial charge in [0.1, 0.15) is 6.17 Å². The fraction of sp³-hybridized carbons (Fsp3) is 0.545. The molecule has 0 bridgehead atoms. The second-order valence-electron chi connectivity index (χ2n) is 4.05. The van der Waals surface area contributed by atoms with Crippen molar-refractivity contribution in [3.05, 3.63) is 22.8 Å². The lowest BCUT2D eigenvalue weighted by Gasteiger charge is -2.20. The molecule has 0 saturated heterocycles. The summed E-state index contributed by atoms with van der Waals surface area (Å²) in [5.41, 5.74) is 4.32. The van der Waals surface area contributed by atoms with Gasteiger partial charge in [0.25, 0.3) is 0 Å². The quantitative estimate of drug-likeness (QED) is 0.648. The van der Waals surface area contributed by atoms with Gasteiger partial charge in [-0.3, -0.25) is 10.3 Å². The highest BCUT2D eigenvalue weighted by molar-refractivity contribution is 5.77. The molecule has 0 aliphatic carbocycles. The molecule has 0 radical (unpaired) electrons. The number of dihydropyridines is 1. The summed E-state index contributed by atoms with van der Waals surface area (Å²) in [5, 5.41) is 3.38. The van der Waals surface area contributed by atoms with E-state index in [4.69, 9.17) is 0 Å². The zero-order valence-corrected chi connectivity index (χ0v) is 8.46. The summed E-state index contributed by atoms with van der Waals surface area (Å²) in [6.45, 7) is 7.65. The van der Waals surface area contributed by atoms with Crippen molar-refractivity contribution in [2.75, 3.05) is 6.54 Å². The molecule has 70 valence electrons. The van der Waals surface area contributed by atoms with Crippen LogP contribution in [0.2, 0.25) is 0 Å². The van der Waals surface area contributed by atoms with Crippen molar-refractivity contribution < 1.29 is 0 Å². The van der Waals surface area contributed by atoms with E-state index in [0.29, 0.717) is 5.92 Å². The van der Waals surface area contributed by atoms with Gasteiger partial charge in [0.15, 0.2) is 0 Å². The summed E-state index contributed by atoms with van der Waals surface area (Å²) >= 11 is 0. The molecule has 0 aromatic rings. The van der Waals surface area contributed by atoms with Crippen molar-refractivity contribution in [1.82, 2.24) is 5.32 Å². The first-order valence-electron chi connectivity index (χ1n) is 4.87. The number of rotatable bonds is 1. The SMILES string of the molecule is CC1=C2C(C(C)C)=CC=NC2NC1. The van der Waals surface area contributed by atoms with Crippen LogP contribution in [0.4, 0.5) is 0 Å². The molecule has 1 N–H and O–H groups in total.